The second-order valence-corrected chi connectivity index (χ2v) is 7.33. The van der Waals surface area contributed by atoms with Gasteiger partial charge in [-0.15, -0.1) is 0 Å². The van der Waals surface area contributed by atoms with Crippen molar-refractivity contribution >= 4 is 22.0 Å². The smallest absolute Gasteiger partial charge is 0.410 e. The van der Waals surface area contributed by atoms with Crippen LogP contribution in [-0.4, -0.2) is 34.3 Å². The van der Waals surface area contributed by atoms with Crippen LogP contribution in [0.25, 0.3) is 0 Å². The van der Waals surface area contributed by atoms with E-state index < -0.39 is 5.60 Å². The molecule has 0 radical (unpaired) electrons. The molecule has 1 fully saturated rings. The fourth-order valence-electron chi connectivity index (χ4n) is 2.40. The fourth-order valence-corrected chi connectivity index (χ4v) is 2.78. The van der Waals surface area contributed by atoms with E-state index in [0.29, 0.717) is 19.6 Å². The molecule has 2 heterocycles. The Morgan fingerprint density at radius 3 is 2.81 bits per heavy atom. The van der Waals surface area contributed by atoms with Gasteiger partial charge in [0.15, 0.2) is 0 Å². The number of ether oxygens (including phenoxy) is 1. The van der Waals surface area contributed by atoms with Gasteiger partial charge >= 0.3 is 6.09 Å². The lowest BCUT2D eigenvalue weighted by Gasteiger charge is -2.24. The van der Waals surface area contributed by atoms with Gasteiger partial charge in [0.05, 0.1) is 0 Å². The minimum absolute atomic E-state index is 0.0195. The van der Waals surface area contributed by atoms with Gasteiger partial charge in [0.1, 0.15) is 5.60 Å². The van der Waals surface area contributed by atoms with Gasteiger partial charge in [-0.2, -0.15) is 0 Å². The molecule has 6 heteroatoms. The Labute approximate surface area is 133 Å². The van der Waals surface area contributed by atoms with Crippen LogP contribution in [0.3, 0.4) is 0 Å². The van der Waals surface area contributed by atoms with Crippen LogP contribution in [0.2, 0.25) is 0 Å². The zero-order valence-corrected chi connectivity index (χ0v) is 14.2. The highest BCUT2D eigenvalue weighted by Crippen LogP contribution is 2.21. The second-order valence-electron chi connectivity index (χ2n) is 6.42. The first-order chi connectivity index (χ1) is 9.74. The van der Waals surface area contributed by atoms with Gasteiger partial charge in [-0.25, -0.2) is 4.79 Å². The number of carbonyl (C=O) groups excluding carboxylic acids is 1. The molecule has 0 aliphatic carbocycles. The molecule has 0 spiro atoms. The highest BCUT2D eigenvalue weighted by molar-refractivity contribution is 9.10. The number of aromatic nitrogens is 1. The molecule has 1 aromatic rings. The Kier molecular flexibility index (Phi) is 4.76. The van der Waals surface area contributed by atoms with Gasteiger partial charge in [0, 0.05) is 36.4 Å². The number of likely N-dealkylation sites (tertiary alicyclic amines) is 1. The van der Waals surface area contributed by atoms with Gasteiger partial charge in [-0.1, -0.05) is 0 Å². The minimum atomic E-state index is -0.476. The third-order valence-electron chi connectivity index (χ3n) is 3.34. The van der Waals surface area contributed by atoms with Crippen LogP contribution < -0.4 is 5.56 Å². The summed E-state index contributed by atoms with van der Waals surface area (Å²) in [6.45, 7) is 7.52. The van der Waals surface area contributed by atoms with Crippen molar-refractivity contribution in [1.29, 1.82) is 0 Å². The quantitative estimate of drug-likeness (QED) is 0.818. The second kappa shape index (κ2) is 6.22. The van der Waals surface area contributed by atoms with Crippen molar-refractivity contribution in [2.24, 2.45) is 5.92 Å². The molecule has 5 nitrogen and oxygen atoms in total. The molecule has 1 aliphatic heterocycles. The summed E-state index contributed by atoms with van der Waals surface area (Å²) < 4.78 is 7.94. The number of hydrogen-bond acceptors (Lipinski definition) is 3. The molecule has 1 aromatic heterocycles. The maximum Gasteiger partial charge on any atom is 0.410 e. The summed E-state index contributed by atoms with van der Waals surface area (Å²) in [6.07, 6.45) is 2.41. The third kappa shape index (κ3) is 4.59. The van der Waals surface area contributed by atoms with Crippen LogP contribution in [0.5, 0.6) is 0 Å². The van der Waals surface area contributed by atoms with Crippen LogP contribution >= 0.6 is 15.9 Å². The van der Waals surface area contributed by atoms with Crippen LogP contribution in [0.15, 0.2) is 27.6 Å². The number of nitrogens with zero attached hydrogens (tertiary/aromatic N) is 2. The van der Waals surface area contributed by atoms with Crippen molar-refractivity contribution in [2.45, 2.75) is 39.3 Å². The Bertz CT molecular complexity index is 577. The number of carbonyl (C=O) groups is 1. The predicted molar refractivity (Wildman–Crippen MR) is 84.3 cm³/mol. The van der Waals surface area contributed by atoms with Crippen LogP contribution in [0.1, 0.15) is 27.2 Å². The molecule has 0 N–H and O–H groups in total. The highest BCUT2D eigenvalue weighted by atomic mass is 79.9. The third-order valence-corrected chi connectivity index (χ3v) is 3.81. The zero-order chi connectivity index (χ0) is 15.6. The summed E-state index contributed by atoms with van der Waals surface area (Å²) in [5.74, 6) is 0.282. The summed E-state index contributed by atoms with van der Waals surface area (Å²) in [4.78, 5) is 25.5. The summed E-state index contributed by atoms with van der Waals surface area (Å²) >= 11 is 3.37. The van der Waals surface area contributed by atoms with Crippen molar-refractivity contribution in [2.75, 3.05) is 13.1 Å². The van der Waals surface area contributed by atoms with Gasteiger partial charge in [-0.3, -0.25) is 4.79 Å². The van der Waals surface area contributed by atoms with E-state index in [1.54, 1.807) is 27.8 Å². The van der Waals surface area contributed by atoms with E-state index >= 15 is 0 Å². The summed E-state index contributed by atoms with van der Waals surface area (Å²) in [6, 6.07) is 3.28. The zero-order valence-electron chi connectivity index (χ0n) is 12.6. The lowest BCUT2D eigenvalue weighted by atomic mass is 10.1. The Balaban J connectivity index is 1.95. The van der Waals surface area contributed by atoms with Crippen LogP contribution in [0.4, 0.5) is 4.79 Å². The highest BCUT2D eigenvalue weighted by Gasteiger charge is 2.29. The lowest BCUT2D eigenvalue weighted by molar-refractivity contribution is 0.0287. The fraction of sp³-hybridized carbons (Fsp3) is 0.600. The standard InChI is InChI=1S/C15H21BrN2O3/c1-15(2,3)21-14(20)17-7-6-11(8-17)9-18-10-12(16)4-5-13(18)19/h4-5,10-11H,6-9H2,1-3H3. The van der Waals surface area contributed by atoms with E-state index in [1.807, 2.05) is 20.8 Å². The van der Waals surface area contributed by atoms with E-state index in [4.69, 9.17) is 4.74 Å². The van der Waals surface area contributed by atoms with E-state index in [9.17, 15) is 9.59 Å². The van der Waals surface area contributed by atoms with Crippen molar-refractivity contribution in [3.05, 3.63) is 33.2 Å². The minimum Gasteiger partial charge on any atom is -0.444 e. The van der Waals surface area contributed by atoms with E-state index in [-0.39, 0.29) is 17.6 Å². The Morgan fingerprint density at radius 2 is 2.14 bits per heavy atom. The average Bonchev–Trinajstić information content (AvgIpc) is 2.80. The molecule has 1 amide bonds. The molecule has 1 atom stereocenters. The van der Waals surface area contributed by atoms with E-state index in [1.165, 1.54) is 0 Å². The maximum atomic E-state index is 12.0. The summed E-state index contributed by atoms with van der Waals surface area (Å²) in [5, 5.41) is 0. The van der Waals surface area contributed by atoms with E-state index in [2.05, 4.69) is 15.9 Å². The number of halogens is 1. The molecule has 0 saturated carbocycles. The Hall–Kier alpha value is -1.30. The number of pyridine rings is 1. The topological polar surface area (TPSA) is 51.5 Å². The molecular weight excluding hydrogens is 336 g/mol. The summed E-state index contributed by atoms with van der Waals surface area (Å²) in [7, 11) is 0. The first-order valence-electron chi connectivity index (χ1n) is 7.08. The van der Waals surface area contributed by atoms with Gasteiger partial charge in [0.25, 0.3) is 5.56 Å². The predicted octanol–water partition coefficient (Wildman–Crippen LogP) is 2.87. The molecule has 0 bridgehead atoms. The van der Waals surface area contributed by atoms with Gasteiger partial charge in [-0.05, 0) is 55.1 Å². The molecule has 2 rings (SSSR count). The van der Waals surface area contributed by atoms with Crippen molar-refractivity contribution in [3.63, 3.8) is 0 Å². The monoisotopic (exact) mass is 356 g/mol. The van der Waals surface area contributed by atoms with Crippen LogP contribution in [-0.2, 0) is 11.3 Å². The normalized spacial score (nSPS) is 18.9. The molecule has 116 valence electrons. The molecule has 0 aromatic carbocycles. The maximum absolute atomic E-state index is 12.0. The summed E-state index contributed by atoms with van der Waals surface area (Å²) in [5.41, 5.74) is -0.495. The molecule has 1 aliphatic rings. The lowest BCUT2D eigenvalue weighted by Crippen LogP contribution is -2.35. The van der Waals surface area contributed by atoms with Crippen molar-refractivity contribution in [1.82, 2.24) is 9.47 Å². The first kappa shape index (κ1) is 16.1. The van der Waals surface area contributed by atoms with Gasteiger partial charge < -0.3 is 14.2 Å². The number of hydrogen-bond donors (Lipinski definition) is 0. The molecule has 1 saturated heterocycles. The average molecular weight is 357 g/mol. The first-order valence-corrected chi connectivity index (χ1v) is 7.88. The SMILES string of the molecule is CC(C)(C)OC(=O)N1CCC(Cn2cc(Br)ccc2=O)C1. The van der Waals surface area contributed by atoms with Gasteiger partial charge in [0.2, 0.25) is 0 Å². The molecular formula is C15H21BrN2O3. The number of amides is 1. The molecule has 1 unspecified atom stereocenters. The van der Waals surface area contributed by atoms with Crippen molar-refractivity contribution < 1.29 is 9.53 Å². The van der Waals surface area contributed by atoms with E-state index in [0.717, 1.165) is 10.9 Å². The van der Waals surface area contributed by atoms with Crippen LogP contribution in [0, 0.1) is 5.92 Å². The Morgan fingerprint density at radius 1 is 1.43 bits per heavy atom. The largest absolute Gasteiger partial charge is 0.444 e. The molecule has 21 heavy (non-hydrogen) atoms. The number of rotatable bonds is 2. The van der Waals surface area contributed by atoms with Crippen molar-refractivity contribution in [3.8, 4) is 0 Å².